The third-order valence-corrected chi connectivity index (χ3v) is 5.06. The van der Waals surface area contributed by atoms with E-state index in [-0.39, 0.29) is 6.42 Å². The molecule has 0 fully saturated rings. The van der Waals surface area contributed by atoms with Crippen LogP contribution in [0, 0.1) is 0 Å². The molecule has 3 aromatic rings. The SMILES string of the molecule is O=C(Nc1nccs1)[C@H](Cc1ccccc1)N1C(=O)c2ccccc2C1=O. The van der Waals surface area contributed by atoms with Gasteiger partial charge in [-0.1, -0.05) is 42.5 Å². The Morgan fingerprint density at radius 1 is 1.00 bits per heavy atom. The van der Waals surface area contributed by atoms with Crippen LogP contribution < -0.4 is 5.32 Å². The Bertz CT molecular complexity index is 967. The molecule has 1 atom stereocenters. The number of anilines is 1. The summed E-state index contributed by atoms with van der Waals surface area (Å²) in [5.41, 5.74) is 1.50. The number of fused-ring (bicyclic) bond motifs is 1. The van der Waals surface area contributed by atoms with Crippen molar-refractivity contribution in [3.63, 3.8) is 0 Å². The smallest absolute Gasteiger partial charge is 0.262 e. The molecule has 0 spiro atoms. The summed E-state index contributed by atoms with van der Waals surface area (Å²) < 4.78 is 0. The molecule has 0 aliphatic carbocycles. The predicted molar refractivity (Wildman–Crippen MR) is 102 cm³/mol. The zero-order valence-electron chi connectivity index (χ0n) is 14.2. The average Bonchev–Trinajstić information content (AvgIpc) is 3.28. The normalized spacial score (nSPS) is 14.1. The molecule has 7 heteroatoms. The summed E-state index contributed by atoms with van der Waals surface area (Å²) in [6.45, 7) is 0. The lowest BCUT2D eigenvalue weighted by Gasteiger charge is -2.25. The summed E-state index contributed by atoms with van der Waals surface area (Å²) in [5, 5.41) is 4.87. The highest BCUT2D eigenvalue weighted by Crippen LogP contribution is 2.26. The van der Waals surface area contributed by atoms with Crippen molar-refractivity contribution < 1.29 is 14.4 Å². The molecule has 1 aliphatic rings. The van der Waals surface area contributed by atoms with Gasteiger partial charge >= 0.3 is 0 Å². The van der Waals surface area contributed by atoms with Crippen LogP contribution in [0.2, 0.25) is 0 Å². The fraction of sp³-hybridized carbons (Fsp3) is 0.100. The maximum Gasteiger partial charge on any atom is 0.262 e. The molecule has 3 amide bonds. The second-order valence-electron chi connectivity index (χ2n) is 6.06. The Kier molecular flexibility index (Phi) is 4.52. The number of hydrogen-bond donors (Lipinski definition) is 1. The largest absolute Gasteiger partial charge is 0.300 e. The summed E-state index contributed by atoms with van der Waals surface area (Å²) in [6.07, 6.45) is 1.80. The van der Waals surface area contributed by atoms with Crippen LogP contribution in [0.4, 0.5) is 5.13 Å². The molecule has 27 heavy (non-hydrogen) atoms. The van der Waals surface area contributed by atoms with Gasteiger partial charge in [0.25, 0.3) is 11.8 Å². The lowest BCUT2D eigenvalue weighted by atomic mass is 10.0. The lowest BCUT2D eigenvalue weighted by Crippen LogP contribution is -2.48. The molecular weight excluding hydrogens is 362 g/mol. The van der Waals surface area contributed by atoms with Crippen molar-refractivity contribution in [3.05, 3.63) is 82.9 Å². The quantitative estimate of drug-likeness (QED) is 0.693. The molecule has 2 aromatic carbocycles. The number of carbonyl (C=O) groups is 3. The zero-order valence-corrected chi connectivity index (χ0v) is 15.0. The molecule has 1 aromatic heterocycles. The highest BCUT2D eigenvalue weighted by molar-refractivity contribution is 7.13. The third-order valence-electron chi connectivity index (χ3n) is 4.37. The molecule has 0 bridgehead atoms. The van der Waals surface area contributed by atoms with Gasteiger partial charge < -0.3 is 5.32 Å². The highest BCUT2D eigenvalue weighted by atomic mass is 32.1. The second kappa shape index (κ2) is 7.13. The Morgan fingerprint density at radius 3 is 2.22 bits per heavy atom. The van der Waals surface area contributed by atoms with Crippen LogP contribution in [-0.4, -0.2) is 33.6 Å². The zero-order chi connectivity index (χ0) is 18.8. The number of nitrogens with zero attached hydrogens (tertiary/aromatic N) is 2. The van der Waals surface area contributed by atoms with E-state index in [1.54, 1.807) is 35.8 Å². The molecular formula is C20H15N3O3S. The average molecular weight is 377 g/mol. The number of carbonyl (C=O) groups excluding carboxylic acids is 3. The summed E-state index contributed by atoms with van der Waals surface area (Å²) >= 11 is 1.28. The Labute approximate surface area is 159 Å². The van der Waals surface area contributed by atoms with Crippen molar-refractivity contribution in [1.82, 2.24) is 9.88 Å². The molecule has 0 unspecified atom stereocenters. The van der Waals surface area contributed by atoms with E-state index >= 15 is 0 Å². The Balaban J connectivity index is 1.68. The summed E-state index contributed by atoms with van der Waals surface area (Å²) in [4.78, 5) is 43.8. The van der Waals surface area contributed by atoms with Gasteiger partial charge in [-0.05, 0) is 17.7 Å². The highest BCUT2D eigenvalue weighted by Gasteiger charge is 2.42. The standard InChI is InChI=1S/C20H15N3O3S/c24-17(22-20-21-10-11-27-20)16(12-13-6-2-1-3-7-13)23-18(25)14-8-4-5-9-15(14)19(23)26/h1-11,16H,12H2,(H,21,22,24)/t16-/m0/s1. The molecule has 6 nitrogen and oxygen atoms in total. The summed E-state index contributed by atoms with van der Waals surface area (Å²) in [6, 6.07) is 15.0. The number of benzene rings is 2. The van der Waals surface area contributed by atoms with Crippen molar-refractivity contribution >= 4 is 34.2 Å². The van der Waals surface area contributed by atoms with Crippen molar-refractivity contribution in [2.24, 2.45) is 0 Å². The van der Waals surface area contributed by atoms with Gasteiger partial charge in [0.2, 0.25) is 5.91 Å². The first-order valence-corrected chi connectivity index (χ1v) is 9.24. The Morgan fingerprint density at radius 2 is 1.63 bits per heavy atom. The van der Waals surface area contributed by atoms with Crippen LogP contribution in [0.5, 0.6) is 0 Å². The van der Waals surface area contributed by atoms with Gasteiger partial charge in [0.1, 0.15) is 6.04 Å². The molecule has 1 N–H and O–H groups in total. The first kappa shape index (κ1) is 17.1. The number of thiazole rings is 1. The van der Waals surface area contributed by atoms with Gasteiger partial charge in [-0.25, -0.2) is 4.98 Å². The lowest BCUT2D eigenvalue weighted by molar-refractivity contribution is -0.119. The van der Waals surface area contributed by atoms with Gasteiger partial charge in [0.15, 0.2) is 5.13 Å². The van der Waals surface area contributed by atoms with Crippen LogP contribution in [0.1, 0.15) is 26.3 Å². The molecule has 134 valence electrons. The van der Waals surface area contributed by atoms with Gasteiger partial charge in [-0.2, -0.15) is 0 Å². The van der Waals surface area contributed by atoms with Crippen molar-refractivity contribution in [1.29, 1.82) is 0 Å². The van der Waals surface area contributed by atoms with Gasteiger partial charge in [0, 0.05) is 18.0 Å². The molecule has 4 rings (SSSR count). The minimum atomic E-state index is -0.969. The van der Waals surface area contributed by atoms with Gasteiger partial charge in [0.05, 0.1) is 11.1 Å². The number of aromatic nitrogens is 1. The first-order valence-electron chi connectivity index (χ1n) is 8.36. The van der Waals surface area contributed by atoms with Crippen molar-refractivity contribution in [2.75, 3.05) is 5.32 Å². The van der Waals surface area contributed by atoms with Crippen LogP contribution in [0.25, 0.3) is 0 Å². The minimum Gasteiger partial charge on any atom is -0.300 e. The minimum absolute atomic E-state index is 0.226. The van der Waals surface area contributed by atoms with E-state index in [2.05, 4.69) is 10.3 Å². The van der Waals surface area contributed by atoms with E-state index in [9.17, 15) is 14.4 Å². The van der Waals surface area contributed by atoms with Crippen LogP contribution in [0.3, 0.4) is 0 Å². The first-order chi connectivity index (χ1) is 13.1. The number of nitrogens with one attached hydrogen (secondary N) is 1. The predicted octanol–water partition coefficient (Wildman–Crippen LogP) is 2.99. The summed E-state index contributed by atoms with van der Waals surface area (Å²) in [5.74, 6) is -1.35. The van der Waals surface area contributed by atoms with E-state index in [1.165, 1.54) is 11.3 Å². The third kappa shape index (κ3) is 3.24. The maximum atomic E-state index is 13.0. The van der Waals surface area contributed by atoms with Gasteiger partial charge in [-0.15, -0.1) is 11.3 Å². The number of rotatable bonds is 5. The van der Waals surface area contributed by atoms with Crippen molar-refractivity contribution in [2.45, 2.75) is 12.5 Å². The fourth-order valence-corrected chi connectivity index (χ4v) is 3.64. The second-order valence-corrected chi connectivity index (χ2v) is 6.95. The number of imide groups is 1. The summed E-state index contributed by atoms with van der Waals surface area (Å²) in [7, 11) is 0. The topological polar surface area (TPSA) is 79.4 Å². The van der Waals surface area contributed by atoms with Crippen LogP contribution in [-0.2, 0) is 11.2 Å². The van der Waals surface area contributed by atoms with E-state index in [0.29, 0.717) is 16.3 Å². The molecule has 0 saturated carbocycles. The fourth-order valence-electron chi connectivity index (χ4n) is 3.10. The maximum absolute atomic E-state index is 13.0. The molecule has 0 saturated heterocycles. The van der Waals surface area contributed by atoms with E-state index < -0.39 is 23.8 Å². The Hall–Kier alpha value is -3.32. The number of amides is 3. The van der Waals surface area contributed by atoms with Crippen LogP contribution in [0.15, 0.2) is 66.2 Å². The van der Waals surface area contributed by atoms with E-state index in [4.69, 9.17) is 0 Å². The van der Waals surface area contributed by atoms with Gasteiger partial charge in [-0.3, -0.25) is 19.3 Å². The van der Waals surface area contributed by atoms with E-state index in [0.717, 1.165) is 10.5 Å². The monoisotopic (exact) mass is 377 g/mol. The molecule has 2 heterocycles. The molecule has 1 aliphatic heterocycles. The van der Waals surface area contributed by atoms with Crippen LogP contribution >= 0.6 is 11.3 Å². The number of hydrogen-bond acceptors (Lipinski definition) is 5. The molecule has 0 radical (unpaired) electrons. The van der Waals surface area contributed by atoms with E-state index in [1.807, 2.05) is 30.3 Å². The van der Waals surface area contributed by atoms with Crippen molar-refractivity contribution in [3.8, 4) is 0 Å².